The molecule has 1 unspecified atom stereocenters. The Morgan fingerprint density at radius 1 is 1.23 bits per heavy atom. The van der Waals surface area contributed by atoms with Gasteiger partial charge in [0.1, 0.15) is 11.2 Å². The predicted molar refractivity (Wildman–Crippen MR) is 93.3 cm³/mol. The summed E-state index contributed by atoms with van der Waals surface area (Å²) in [5.74, 6) is 3.52. The smallest absolute Gasteiger partial charge is 0.119 e. The van der Waals surface area contributed by atoms with Crippen molar-refractivity contribution in [3.05, 3.63) is 29.8 Å². The molecule has 0 aromatic heterocycles. The minimum atomic E-state index is 0.377. The van der Waals surface area contributed by atoms with Gasteiger partial charge in [0.2, 0.25) is 0 Å². The summed E-state index contributed by atoms with van der Waals surface area (Å²) >= 11 is 1.92. The van der Waals surface area contributed by atoms with E-state index in [0.717, 1.165) is 30.6 Å². The molecule has 2 nitrogen and oxygen atoms in total. The van der Waals surface area contributed by atoms with Crippen molar-refractivity contribution in [1.29, 1.82) is 0 Å². The Balaban J connectivity index is 1.44. The first-order valence-electron chi connectivity index (χ1n) is 8.74. The molecule has 1 aromatic rings. The van der Waals surface area contributed by atoms with E-state index in [0.29, 0.717) is 11.4 Å². The number of hydrogen-bond donors (Lipinski definition) is 0. The highest BCUT2D eigenvalue weighted by molar-refractivity contribution is 7.99. The zero-order chi connectivity index (χ0) is 15.2. The van der Waals surface area contributed by atoms with Crippen LogP contribution in [0.25, 0.3) is 0 Å². The number of thioether (sulfide) groups is 1. The first-order valence-corrected chi connectivity index (χ1v) is 9.79. The lowest BCUT2D eigenvalue weighted by Crippen LogP contribution is -2.15. The predicted octanol–water partition coefficient (Wildman–Crippen LogP) is 5.26. The second kappa shape index (κ2) is 8.26. The van der Waals surface area contributed by atoms with Crippen molar-refractivity contribution >= 4 is 11.8 Å². The lowest BCUT2D eigenvalue weighted by Gasteiger charge is -2.21. The Bertz CT molecular complexity index is 432. The van der Waals surface area contributed by atoms with Crippen molar-refractivity contribution in [2.75, 3.05) is 13.2 Å². The molecule has 2 fully saturated rings. The van der Waals surface area contributed by atoms with Crippen molar-refractivity contribution in [1.82, 2.24) is 0 Å². The third-order valence-corrected chi connectivity index (χ3v) is 5.91. The summed E-state index contributed by atoms with van der Waals surface area (Å²) in [6, 6.07) is 8.60. The van der Waals surface area contributed by atoms with Gasteiger partial charge >= 0.3 is 0 Å². The van der Waals surface area contributed by atoms with Crippen LogP contribution in [0, 0.1) is 11.8 Å². The highest BCUT2D eigenvalue weighted by atomic mass is 32.2. The fourth-order valence-electron chi connectivity index (χ4n) is 3.33. The molecule has 0 N–H and O–H groups in total. The molecule has 2 aliphatic rings. The average Bonchev–Trinajstić information content (AvgIpc) is 2.98. The maximum atomic E-state index is 6.03. The van der Waals surface area contributed by atoms with E-state index < -0.39 is 0 Å². The van der Waals surface area contributed by atoms with Gasteiger partial charge in [0.25, 0.3) is 0 Å². The molecule has 122 valence electrons. The van der Waals surface area contributed by atoms with Crippen molar-refractivity contribution in [2.45, 2.75) is 56.6 Å². The number of hydrogen-bond acceptors (Lipinski definition) is 3. The molecule has 0 amide bonds. The molecule has 1 aliphatic heterocycles. The van der Waals surface area contributed by atoms with Crippen LogP contribution in [0.4, 0.5) is 0 Å². The van der Waals surface area contributed by atoms with Crippen LogP contribution in [0.5, 0.6) is 5.75 Å². The third-order valence-electron chi connectivity index (χ3n) is 4.71. The van der Waals surface area contributed by atoms with E-state index in [1.165, 1.54) is 44.1 Å². The monoisotopic (exact) mass is 320 g/mol. The average molecular weight is 320 g/mol. The van der Waals surface area contributed by atoms with Crippen LogP contribution in [0.2, 0.25) is 0 Å². The topological polar surface area (TPSA) is 18.5 Å². The summed E-state index contributed by atoms with van der Waals surface area (Å²) < 4.78 is 11.8. The largest absolute Gasteiger partial charge is 0.493 e. The summed E-state index contributed by atoms with van der Waals surface area (Å²) in [6.45, 7) is 4.07. The molecule has 3 rings (SSSR count). The Labute approximate surface area is 139 Å². The van der Waals surface area contributed by atoms with Crippen molar-refractivity contribution < 1.29 is 9.47 Å². The molecular weight excluding hydrogens is 292 g/mol. The van der Waals surface area contributed by atoms with Crippen LogP contribution in [0.1, 0.15) is 51.0 Å². The molecule has 1 aromatic carbocycles. The van der Waals surface area contributed by atoms with E-state index in [4.69, 9.17) is 9.47 Å². The van der Waals surface area contributed by atoms with Crippen LogP contribution < -0.4 is 4.74 Å². The normalized spacial score (nSPS) is 26.2. The Kier molecular flexibility index (Phi) is 6.08. The fourth-order valence-corrected chi connectivity index (χ4v) is 4.53. The summed E-state index contributed by atoms with van der Waals surface area (Å²) in [5, 5.41) is 0. The summed E-state index contributed by atoms with van der Waals surface area (Å²) in [6.07, 6.45) is 8.03. The Morgan fingerprint density at radius 3 is 2.86 bits per heavy atom. The van der Waals surface area contributed by atoms with Gasteiger partial charge in [-0.15, -0.1) is 11.8 Å². The maximum absolute atomic E-state index is 6.03. The highest BCUT2D eigenvalue weighted by Crippen LogP contribution is 2.31. The van der Waals surface area contributed by atoms with Crippen LogP contribution in [-0.4, -0.2) is 18.6 Å². The van der Waals surface area contributed by atoms with E-state index in [1.807, 2.05) is 11.8 Å². The van der Waals surface area contributed by atoms with E-state index in [-0.39, 0.29) is 0 Å². The third kappa shape index (κ3) is 4.92. The van der Waals surface area contributed by atoms with Gasteiger partial charge in [-0.25, -0.2) is 0 Å². The molecule has 22 heavy (non-hydrogen) atoms. The van der Waals surface area contributed by atoms with Gasteiger partial charge < -0.3 is 9.47 Å². The van der Waals surface area contributed by atoms with E-state index in [1.54, 1.807) is 0 Å². The maximum Gasteiger partial charge on any atom is 0.119 e. The van der Waals surface area contributed by atoms with Crippen molar-refractivity contribution in [3.8, 4) is 5.75 Å². The highest BCUT2D eigenvalue weighted by Gasteiger charge is 2.22. The van der Waals surface area contributed by atoms with Crippen molar-refractivity contribution in [2.24, 2.45) is 11.8 Å². The van der Waals surface area contributed by atoms with E-state index in [2.05, 4.69) is 31.2 Å². The zero-order valence-corrected chi connectivity index (χ0v) is 14.4. The lowest BCUT2D eigenvalue weighted by molar-refractivity contribution is 0.166. The summed E-state index contributed by atoms with van der Waals surface area (Å²) in [4.78, 5) is 0. The quantitative estimate of drug-likeness (QED) is 0.712. The van der Waals surface area contributed by atoms with Gasteiger partial charge in [0.05, 0.1) is 13.2 Å². The Morgan fingerprint density at radius 2 is 2.09 bits per heavy atom. The molecule has 1 heterocycles. The minimum Gasteiger partial charge on any atom is -0.493 e. The van der Waals surface area contributed by atoms with Crippen LogP contribution >= 0.6 is 11.8 Å². The standard InChI is InChI=1S/C19H28O2S/c1-15-10-19(21-12-15)22-14-17-8-5-9-18(11-17)20-13-16-6-3-2-4-7-16/h5,8-9,11,15-16,19H,2-4,6-7,10,12-14H2,1H3/t15-,19?/m1/s1. The fraction of sp³-hybridized carbons (Fsp3) is 0.684. The van der Waals surface area contributed by atoms with E-state index in [9.17, 15) is 0 Å². The molecule has 1 saturated heterocycles. The molecule has 0 spiro atoms. The SMILES string of the molecule is C[C@H]1COC(SCc2cccc(OCC3CCCCC3)c2)C1. The van der Waals surface area contributed by atoms with Crippen LogP contribution in [-0.2, 0) is 10.5 Å². The number of ether oxygens (including phenoxy) is 2. The van der Waals surface area contributed by atoms with Gasteiger partial charge in [-0.1, -0.05) is 38.3 Å². The van der Waals surface area contributed by atoms with Gasteiger partial charge in [0.15, 0.2) is 0 Å². The number of rotatable bonds is 6. The second-order valence-corrected chi connectivity index (χ2v) is 8.03. The van der Waals surface area contributed by atoms with Crippen LogP contribution in [0.15, 0.2) is 24.3 Å². The van der Waals surface area contributed by atoms with Gasteiger partial charge in [-0.3, -0.25) is 0 Å². The molecule has 2 atom stereocenters. The summed E-state index contributed by atoms with van der Waals surface area (Å²) in [7, 11) is 0. The first-order chi connectivity index (χ1) is 10.8. The number of benzene rings is 1. The zero-order valence-electron chi connectivity index (χ0n) is 13.6. The molecular formula is C19H28O2S. The molecule has 0 radical (unpaired) electrons. The molecule has 0 bridgehead atoms. The minimum absolute atomic E-state index is 0.377. The van der Waals surface area contributed by atoms with Gasteiger partial charge in [0, 0.05) is 5.75 Å². The Hall–Kier alpha value is -0.670. The molecule has 1 aliphatic carbocycles. The lowest BCUT2D eigenvalue weighted by atomic mass is 9.90. The van der Waals surface area contributed by atoms with Gasteiger partial charge in [-0.2, -0.15) is 0 Å². The second-order valence-electron chi connectivity index (χ2n) is 6.88. The van der Waals surface area contributed by atoms with Crippen molar-refractivity contribution in [3.63, 3.8) is 0 Å². The van der Waals surface area contributed by atoms with E-state index >= 15 is 0 Å². The van der Waals surface area contributed by atoms with Crippen LogP contribution in [0.3, 0.4) is 0 Å². The summed E-state index contributed by atoms with van der Waals surface area (Å²) in [5.41, 5.74) is 1.72. The van der Waals surface area contributed by atoms with Gasteiger partial charge in [-0.05, 0) is 48.8 Å². The first kappa shape index (κ1) is 16.2. The molecule has 3 heteroatoms. The molecule has 1 saturated carbocycles.